The predicted octanol–water partition coefficient (Wildman–Crippen LogP) is 4.93. The zero-order valence-electron chi connectivity index (χ0n) is 19.7. The van der Waals surface area contributed by atoms with Crippen molar-refractivity contribution in [3.05, 3.63) is 83.4 Å². The Morgan fingerprint density at radius 1 is 0.886 bits per heavy atom. The van der Waals surface area contributed by atoms with Gasteiger partial charge in [0.2, 0.25) is 10.0 Å². The summed E-state index contributed by atoms with van der Waals surface area (Å²) in [6, 6.07) is 20.3. The van der Waals surface area contributed by atoms with E-state index in [9.17, 15) is 18.0 Å². The number of ketones is 1. The van der Waals surface area contributed by atoms with Crippen molar-refractivity contribution in [1.82, 2.24) is 4.72 Å². The van der Waals surface area contributed by atoms with Crippen LogP contribution in [0.3, 0.4) is 0 Å². The maximum atomic E-state index is 13.1. The molecule has 1 atom stereocenters. The molecule has 184 valence electrons. The number of fused-ring (bicyclic) bond motifs is 1. The highest BCUT2D eigenvalue weighted by molar-refractivity contribution is 7.89. The lowest BCUT2D eigenvalue weighted by Crippen LogP contribution is -2.33. The molecule has 1 saturated carbocycles. The maximum absolute atomic E-state index is 13.1. The third-order valence-electron chi connectivity index (χ3n) is 7.01. The lowest BCUT2D eigenvalue weighted by molar-refractivity contribution is -0.131. The first-order valence-corrected chi connectivity index (χ1v) is 13.8. The Balaban J connectivity index is 1.48. The van der Waals surface area contributed by atoms with Gasteiger partial charge in [0.05, 0.1) is 5.75 Å². The Hall–Kier alpha value is -3.03. The van der Waals surface area contributed by atoms with E-state index >= 15 is 0 Å². The van der Waals surface area contributed by atoms with E-state index in [-0.39, 0.29) is 23.8 Å². The van der Waals surface area contributed by atoms with Gasteiger partial charge >= 0.3 is 5.97 Å². The summed E-state index contributed by atoms with van der Waals surface area (Å²) >= 11 is 0. The molecule has 0 aliphatic heterocycles. The molecule has 6 nitrogen and oxygen atoms in total. The SMILES string of the molecule is O=C(O)C(=O)c1cccc2c(CCNS(=O)(=O)CC(c3ccccc3)C3CCCCC3)cccc12. The van der Waals surface area contributed by atoms with E-state index in [4.69, 9.17) is 5.11 Å². The second-order valence-corrected chi connectivity index (χ2v) is 11.1. The van der Waals surface area contributed by atoms with Crippen LogP contribution >= 0.6 is 0 Å². The van der Waals surface area contributed by atoms with Gasteiger partial charge in [-0.1, -0.05) is 86.0 Å². The van der Waals surface area contributed by atoms with Gasteiger partial charge in [-0.15, -0.1) is 0 Å². The molecular formula is C28H31NO5S. The Bertz CT molecular complexity index is 1300. The molecule has 7 heteroatoms. The van der Waals surface area contributed by atoms with E-state index in [1.165, 1.54) is 12.5 Å². The standard InChI is InChI=1S/C28H31NO5S/c30-27(28(31)32)25-16-8-14-23-22(13-7-15-24(23)25)17-18-29-35(33,34)19-26(20-9-3-1-4-10-20)21-11-5-2-6-12-21/h1,3-4,7-10,13-16,21,26,29H,2,5-6,11-12,17-19H2,(H,31,32). The number of Topliss-reactive ketones (excluding diaryl/α,β-unsaturated/α-hetero) is 1. The van der Waals surface area contributed by atoms with Gasteiger partial charge in [-0.2, -0.15) is 0 Å². The van der Waals surface area contributed by atoms with Crippen LogP contribution in [0.2, 0.25) is 0 Å². The normalized spacial score (nSPS) is 15.7. The summed E-state index contributed by atoms with van der Waals surface area (Å²) in [5, 5.41) is 10.4. The fourth-order valence-electron chi connectivity index (χ4n) is 5.28. The first kappa shape index (κ1) is 25.1. The highest BCUT2D eigenvalue weighted by Gasteiger charge is 2.29. The van der Waals surface area contributed by atoms with Crippen molar-refractivity contribution >= 4 is 32.5 Å². The highest BCUT2D eigenvalue weighted by Crippen LogP contribution is 2.36. The van der Waals surface area contributed by atoms with Gasteiger partial charge in [-0.05, 0) is 47.1 Å². The number of hydrogen-bond donors (Lipinski definition) is 2. The molecule has 0 aromatic heterocycles. The van der Waals surface area contributed by atoms with Crippen molar-refractivity contribution in [2.45, 2.75) is 44.4 Å². The summed E-state index contributed by atoms with van der Waals surface area (Å²) in [6.45, 7) is 0.227. The number of benzene rings is 3. The monoisotopic (exact) mass is 493 g/mol. The summed E-state index contributed by atoms with van der Waals surface area (Å²) in [4.78, 5) is 23.3. The van der Waals surface area contributed by atoms with E-state index < -0.39 is 21.8 Å². The van der Waals surface area contributed by atoms with Crippen LogP contribution in [0.5, 0.6) is 0 Å². The van der Waals surface area contributed by atoms with E-state index in [1.54, 1.807) is 18.2 Å². The number of carbonyl (C=O) groups excluding carboxylic acids is 1. The fourth-order valence-corrected chi connectivity index (χ4v) is 6.75. The van der Waals surface area contributed by atoms with Gasteiger partial charge in [0.15, 0.2) is 0 Å². The molecule has 2 N–H and O–H groups in total. The van der Waals surface area contributed by atoms with Gasteiger partial charge in [0, 0.05) is 18.0 Å². The van der Waals surface area contributed by atoms with Crippen LogP contribution in [0, 0.1) is 5.92 Å². The molecule has 3 aromatic rings. The topological polar surface area (TPSA) is 101 Å². The van der Waals surface area contributed by atoms with Crippen LogP contribution in [-0.2, 0) is 21.2 Å². The highest BCUT2D eigenvalue weighted by atomic mass is 32.2. The van der Waals surface area contributed by atoms with Gasteiger partial charge in [-0.3, -0.25) is 4.79 Å². The summed E-state index contributed by atoms with van der Waals surface area (Å²) in [6.07, 6.45) is 6.06. The first-order chi connectivity index (χ1) is 16.9. The van der Waals surface area contributed by atoms with Gasteiger partial charge in [0.1, 0.15) is 0 Å². The Morgan fingerprint density at radius 2 is 1.57 bits per heavy atom. The molecule has 4 rings (SSSR count). The average Bonchev–Trinajstić information content (AvgIpc) is 2.87. The van der Waals surface area contributed by atoms with Gasteiger partial charge in [-0.25, -0.2) is 17.9 Å². The van der Waals surface area contributed by atoms with Crippen molar-refractivity contribution in [2.24, 2.45) is 5.92 Å². The van der Waals surface area contributed by atoms with Crippen LogP contribution < -0.4 is 4.72 Å². The predicted molar refractivity (Wildman–Crippen MR) is 137 cm³/mol. The minimum Gasteiger partial charge on any atom is -0.475 e. The van der Waals surface area contributed by atoms with E-state index in [1.807, 2.05) is 42.5 Å². The van der Waals surface area contributed by atoms with Crippen molar-refractivity contribution < 1.29 is 23.1 Å². The van der Waals surface area contributed by atoms with E-state index in [0.29, 0.717) is 17.7 Å². The van der Waals surface area contributed by atoms with Crippen LogP contribution in [-0.4, -0.2) is 37.6 Å². The lowest BCUT2D eigenvalue weighted by Gasteiger charge is -2.30. The molecule has 1 fully saturated rings. The second kappa shape index (κ2) is 11.1. The summed E-state index contributed by atoms with van der Waals surface area (Å²) in [5.41, 5.74) is 2.07. The van der Waals surface area contributed by atoms with Gasteiger partial charge in [0.25, 0.3) is 5.78 Å². The zero-order valence-corrected chi connectivity index (χ0v) is 20.5. The molecule has 3 aromatic carbocycles. The molecule has 1 unspecified atom stereocenters. The molecule has 0 amide bonds. The fraction of sp³-hybridized carbons (Fsp3) is 0.357. The van der Waals surface area contributed by atoms with Crippen molar-refractivity contribution in [3.8, 4) is 0 Å². The smallest absolute Gasteiger partial charge is 0.377 e. The minimum absolute atomic E-state index is 0.0313. The molecule has 0 bridgehead atoms. The Labute approximate surface area is 206 Å². The second-order valence-electron chi connectivity index (χ2n) is 9.29. The van der Waals surface area contributed by atoms with Crippen LogP contribution in [0.25, 0.3) is 10.8 Å². The largest absolute Gasteiger partial charge is 0.475 e. The number of carbonyl (C=O) groups is 2. The lowest BCUT2D eigenvalue weighted by atomic mass is 9.78. The van der Waals surface area contributed by atoms with Crippen LogP contribution in [0.4, 0.5) is 0 Å². The van der Waals surface area contributed by atoms with E-state index in [0.717, 1.165) is 42.2 Å². The van der Waals surface area contributed by atoms with Crippen LogP contribution in [0.1, 0.15) is 59.5 Å². The quantitative estimate of drug-likeness (QED) is 0.308. The van der Waals surface area contributed by atoms with Crippen LogP contribution in [0.15, 0.2) is 66.7 Å². The number of rotatable bonds is 10. The van der Waals surface area contributed by atoms with Crippen molar-refractivity contribution in [2.75, 3.05) is 12.3 Å². The number of carboxylic acids is 1. The first-order valence-electron chi connectivity index (χ1n) is 12.2. The molecular weight excluding hydrogens is 462 g/mol. The third kappa shape index (κ3) is 6.16. The maximum Gasteiger partial charge on any atom is 0.377 e. The molecule has 0 radical (unpaired) electrons. The number of nitrogens with one attached hydrogen (secondary N) is 1. The molecule has 0 heterocycles. The van der Waals surface area contributed by atoms with E-state index in [2.05, 4.69) is 4.72 Å². The number of aliphatic carboxylic acids is 1. The molecule has 0 saturated heterocycles. The summed E-state index contributed by atoms with van der Waals surface area (Å²) < 4.78 is 29.0. The minimum atomic E-state index is -3.52. The number of carboxylic acid groups (broad SMARTS) is 1. The molecule has 1 aliphatic carbocycles. The van der Waals surface area contributed by atoms with Crippen molar-refractivity contribution in [1.29, 1.82) is 0 Å². The summed E-state index contributed by atoms with van der Waals surface area (Å²) in [5.74, 6) is -2.05. The molecule has 35 heavy (non-hydrogen) atoms. The Morgan fingerprint density at radius 3 is 2.29 bits per heavy atom. The zero-order chi connectivity index (χ0) is 24.8. The summed E-state index contributed by atoms with van der Waals surface area (Å²) in [7, 11) is -3.52. The molecule has 1 aliphatic rings. The molecule has 0 spiro atoms. The Kier molecular flexibility index (Phi) is 7.98. The average molecular weight is 494 g/mol. The number of hydrogen-bond acceptors (Lipinski definition) is 4. The third-order valence-corrected chi connectivity index (χ3v) is 8.46. The number of sulfonamides is 1. The van der Waals surface area contributed by atoms with Gasteiger partial charge < -0.3 is 5.11 Å². The van der Waals surface area contributed by atoms with Crippen molar-refractivity contribution in [3.63, 3.8) is 0 Å².